The van der Waals surface area contributed by atoms with Gasteiger partial charge in [0.05, 0.1) is 6.26 Å². The van der Waals surface area contributed by atoms with Gasteiger partial charge in [-0.3, -0.25) is 4.99 Å². The van der Waals surface area contributed by atoms with Crippen LogP contribution in [-0.2, 0) is 0 Å². The van der Waals surface area contributed by atoms with Crippen molar-refractivity contribution >= 4 is 17.2 Å². The lowest BCUT2D eigenvalue weighted by molar-refractivity contribution is 0.351. The summed E-state index contributed by atoms with van der Waals surface area (Å²) in [5, 5.41) is 1.09. The van der Waals surface area contributed by atoms with Gasteiger partial charge in [0.25, 0.3) is 0 Å². The Morgan fingerprint density at radius 3 is 3.19 bits per heavy atom. The summed E-state index contributed by atoms with van der Waals surface area (Å²) in [6, 6.07) is 7.79. The van der Waals surface area contributed by atoms with Crippen LogP contribution in [0.1, 0.15) is 6.42 Å². The van der Waals surface area contributed by atoms with Gasteiger partial charge in [0.2, 0.25) is 0 Å². The summed E-state index contributed by atoms with van der Waals surface area (Å²) in [5.41, 5.74) is 2.05. The van der Waals surface area contributed by atoms with Gasteiger partial charge in [-0.05, 0) is 23.8 Å². The number of aliphatic imine (C=N–C) groups is 1. The summed E-state index contributed by atoms with van der Waals surface area (Å²) in [6.45, 7) is 0.589. The molecule has 1 aromatic carbocycles. The monoisotopic (exact) mass is 213 g/mol. The van der Waals surface area contributed by atoms with Crippen LogP contribution in [0.15, 0.2) is 51.7 Å². The van der Waals surface area contributed by atoms with Gasteiger partial charge in [-0.25, -0.2) is 0 Å². The molecule has 1 aliphatic heterocycles. The van der Waals surface area contributed by atoms with Crippen LogP contribution in [0.5, 0.6) is 5.75 Å². The molecule has 0 spiro atoms. The molecular formula is C13H11NO2. The van der Waals surface area contributed by atoms with E-state index in [2.05, 4.69) is 4.99 Å². The van der Waals surface area contributed by atoms with Crippen molar-refractivity contribution in [3.05, 3.63) is 42.3 Å². The molecule has 3 heteroatoms. The van der Waals surface area contributed by atoms with Gasteiger partial charge in [-0.15, -0.1) is 0 Å². The van der Waals surface area contributed by atoms with Gasteiger partial charge in [-0.1, -0.05) is 0 Å². The normalized spacial score (nSPS) is 14.4. The number of fused-ring (bicyclic) bond motifs is 1. The fourth-order valence-corrected chi connectivity index (χ4v) is 1.68. The third-order valence-electron chi connectivity index (χ3n) is 2.57. The molecular weight excluding hydrogens is 202 g/mol. The van der Waals surface area contributed by atoms with E-state index in [0.29, 0.717) is 6.61 Å². The van der Waals surface area contributed by atoms with Crippen molar-refractivity contribution in [3.63, 3.8) is 0 Å². The van der Waals surface area contributed by atoms with Crippen LogP contribution in [0.4, 0.5) is 0 Å². The Morgan fingerprint density at radius 2 is 2.31 bits per heavy atom. The van der Waals surface area contributed by atoms with E-state index in [1.165, 1.54) is 5.57 Å². The summed E-state index contributed by atoms with van der Waals surface area (Å²) in [7, 11) is 0. The van der Waals surface area contributed by atoms with E-state index in [-0.39, 0.29) is 0 Å². The van der Waals surface area contributed by atoms with Gasteiger partial charge in [0, 0.05) is 30.3 Å². The van der Waals surface area contributed by atoms with Crippen molar-refractivity contribution in [2.75, 3.05) is 6.61 Å². The first-order valence-electron chi connectivity index (χ1n) is 5.21. The average Bonchev–Trinajstić information content (AvgIpc) is 2.97. The summed E-state index contributed by atoms with van der Waals surface area (Å²) in [5.74, 6) is 0.829. The van der Waals surface area contributed by atoms with Gasteiger partial charge in [0.15, 0.2) is 0 Å². The van der Waals surface area contributed by atoms with Crippen LogP contribution < -0.4 is 4.74 Å². The Hall–Kier alpha value is -2.03. The van der Waals surface area contributed by atoms with Gasteiger partial charge >= 0.3 is 0 Å². The molecule has 0 saturated carbocycles. The van der Waals surface area contributed by atoms with Crippen LogP contribution in [0.25, 0.3) is 11.0 Å². The van der Waals surface area contributed by atoms with Gasteiger partial charge < -0.3 is 9.15 Å². The van der Waals surface area contributed by atoms with Crippen LogP contribution >= 0.6 is 0 Å². The lowest BCUT2D eigenvalue weighted by atomic mass is 10.2. The van der Waals surface area contributed by atoms with E-state index in [4.69, 9.17) is 9.15 Å². The molecule has 80 valence electrons. The van der Waals surface area contributed by atoms with Crippen LogP contribution in [0.3, 0.4) is 0 Å². The third-order valence-corrected chi connectivity index (χ3v) is 2.57. The Morgan fingerprint density at radius 1 is 1.31 bits per heavy atom. The molecule has 16 heavy (non-hydrogen) atoms. The SMILES string of the molecule is C1=NC=C(COc2ccc3ccoc3c2)C1. The number of nitrogens with zero attached hydrogens (tertiary/aromatic N) is 1. The number of rotatable bonds is 3. The fraction of sp³-hybridized carbons (Fsp3) is 0.154. The van der Waals surface area contributed by atoms with Crippen LogP contribution in [-0.4, -0.2) is 12.8 Å². The first kappa shape index (κ1) is 9.21. The zero-order valence-corrected chi connectivity index (χ0v) is 8.72. The highest BCUT2D eigenvalue weighted by Crippen LogP contribution is 2.22. The Labute approximate surface area is 93.0 Å². The average molecular weight is 213 g/mol. The molecule has 3 nitrogen and oxygen atoms in total. The lowest BCUT2D eigenvalue weighted by Gasteiger charge is -2.05. The second-order valence-corrected chi connectivity index (χ2v) is 3.73. The number of furan rings is 1. The zero-order chi connectivity index (χ0) is 10.8. The molecule has 2 aromatic rings. The minimum Gasteiger partial charge on any atom is -0.489 e. The lowest BCUT2D eigenvalue weighted by Crippen LogP contribution is -1.99. The summed E-state index contributed by atoms with van der Waals surface area (Å²) in [6.07, 6.45) is 6.31. The van der Waals surface area contributed by atoms with Crippen LogP contribution in [0, 0.1) is 0 Å². The highest BCUT2D eigenvalue weighted by atomic mass is 16.5. The zero-order valence-electron chi connectivity index (χ0n) is 8.72. The van der Waals surface area contributed by atoms with E-state index in [0.717, 1.165) is 23.1 Å². The molecule has 0 aliphatic carbocycles. The molecule has 0 atom stereocenters. The van der Waals surface area contributed by atoms with Gasteiger partial charge in [0.1, 0.15) is 17.9 Å². The van der Waals surface area contributed by atoms with E-state index >= 15 is 0 Å². The van der Waals surface area contributed by atoms with Crippen molar-refractivity contribution in [1.29, 1.82) is 0 Å². The maximum Gasteiger partial charge on any atom is 0.137 e. The molecule has 0 N–H and O–H groups in total. The number of ether oxygens (including phenoxy) is 1. The smallest absolute Gasteiger partial charge is 0.137 e. The molecule has 1 aliphatic rings. The quantitative estimate of drug-likeness (QED) is 0.784. The maximum atomic E-state index is 5.66. The summed E-state index contributed by atoms with van der Waals surface area (Å²) < 4.78 is 11.0. The largest absolute Gasteiger partial charge is 0.489 e. The second-order valence-electron chi connectivity index (χ2n) is 3.73. The minimum atomic E-state index is 0.589. The molecule has 3 rings (SSSR count). The summed E-state index contributed by atoms with van der Waals surface area (Å²) in [4.78, 5) is 4.03. The highest BCUT2D eigenvalue weighted by Gasteiger charge is 2.03. The number of benzene rings is 1. The molecule has 2 heterocycles. The Kier molecular flexibility index (Phi) is 2.22. The maximum absolute atomic E-state index is 5.66. The van der Waals surface area contributed by atoms with E-state index < -0.39 is 0 Å². The molecule has 0 amide bonds. The van der Waals surface area contributed by atoms with Gasteiger partial charge in [-0.2, -0.15) is 0 Å². The molecule has 0 radical (unpaired) electrons. The standard InChI is InChI=1S/C13H11NO2/c1-2-12(7-13-11(1)4-6-15-13)16-9-10-3-5-14-8-10/h1-2,4-8H,3,9H2. The fourth-order valence-electron chi connectivity index (χ4n) is 1.68. The van der Waals surface area contributed by atoms with E-state index in [1.54, 1.807) is 6.26 Å². The van der Waals surface area contributed by atoms with E-state index in [1.807, 2.05) is 36.7 Å². The first-order chi connectivity index (χ1) is 7.92. The predicted molar refractivity (Wildman–Crippen MR) is 62.9 cm³/mol. The second kappa shape index (κ2) is 3.85. The van der Waals surface area contributed by atoms with Crippen molar-refractivity contribution in [1.82, 2.24) is 0 Å². The highest BCUT2D eigenvalue weighted by molar-refractivity contribution is 5.78. The number of hydrogen-bond acceptors (Lipinski definition) is 3. The predicted octanol–water partition coefficient (Wildman–Crippen LogP) is 3.17. The summed E-state index contributed by atoms with van der Waals surface area (Å²) >= 11 is 0. The molecule has 0 fully saturated rings. The Balaban J connectivity index is 1.73. The van der Waals surface area contributed by atoms with Crippen molar-refractivity contribution in [2.45, 2.75) is 6.42 Å². The number of hydrogen-bond donors (Lipinski definition) is 0. The molecule has 0 unspecified atom stereocenters. The van der Waals surface area contributed by atoms with Crippen molar-refractivity contribution in [3.8, 4) is 5.75 Å². The molecule has 0 bridgehead atoms. The van der Waals surface area contributed by atoms with E-state index in [9.17, 15) is 0 Å². The minimum absolute atomic E-state index is 0.589. The topological polar surface area (TPSA) is 34.7 Å². The molecule has 0 saturated heterocycles. The third kappa shape index (κ3) is 1.72. The Bertz CT molecular complexity index is 566. The first-order valence-corrected chi connectivity index (χ1v) is 5.21. The van der Waals surface area contributed by atoms with Crippen LogP contribution in [0.2, 0.25) is 0 Å². The molecule has 1 aromatic heterocycles. The van der Waals surface area contributed by atoms with Crippen molar-refractivity contribution in [2.24, 2.45) is 4.99 Å². The van der Waals surface area contributed by atoms with Crippen molar-refractivity contribution < 1.29 is 9.15 Å².